The molecule has 2 amide bonds. The fourth-order valence-corrected chi connectivity index (χ4v) is 3.37. The number of benzene rings is 1. The molecule has 1 aromatic rings. The van der Waals surface area contributed by atoms with E-state index in [-0.39, 0.29) is 30.3 Å². The molecule has 2 rings (SSSR count). The number of likely N-dealkylation sites (tertiary alicyclic amines) is 1. The molecule has 0 saturated carbocycles. The Bertz CT molecular complexity index is 600. The molecule has 0 aromatic heterocycles. The summed E-state index contributed by atoms with van der Waals surface area (Å²) in [6.45, 7) is 2.71. The van der Waals surface area contributed by atoms with Crippen molar-refractivity contribution in [2.45, 2.75) is 31.9 Å². The van der Waals surface area contributed by atoms with E-state index in [4.69, 9.17) is 0 Å². The largest absolute Gasteiger partial charge is 0.390 e. The van der Waals surface area contributed by atoms with Gasteiger partial charge in [0.1, 0.15) is 0 Å². The van der Waals surface area contributed by atoms with Gasteiger partial charge in [-0.2, -0.15) is 0 Å². The highest BCUT2D eigenvalue weighted by atomic mass is 16.3. The second-order valence-corrected chi connectivity index (χ2v) is 7.17. The van der Waals surface area contributed by atoms with Gasteiger partial charge in [-0.05, 0) is 33.0 Å². The second-order valence-electron chi connectivity index (χ2n) is 7.17. The first-order chi connectivity index (χ1) is 11.8. The zero-order chi connectivity index (χ0) is 18.6. The Morgan fingerprint density at radius 1 is 1.36 bits per heavy atom. The monoisotopic (exact) mass is 347 g/mol. The number of nitrogens with one attached hydrogen (secondary N) is 1. The first-order valence-electron chi connectivity index (χ1n) is 8.72. The zero-order valence-electron chi connectivity index (χ0n) is 15.5. The summed E-state index contributed by atoms with van der Waals surface area (Å²) in [5.41, 5.74) is 2.11. The Morgan fingerprint density at radius 3 is 2.60 bits per heavy atom. The van der Waals surface area contributed by atoms with Crippen molar-refractivity contribution in [3.8, 4) is 0 Å². The van der Waals surface area contributed by atoms with Gasteiger partial charge in [0, 0.05) is 26.6 Å². The summed E-state index contributed by atoms with van der Waals surface area (Å²) in [6.07, 6.45) is 0.286. The molecule has 0 bridgehead atoms. The Hall–Kier alpha value is -1.92. The van der Waals surface area contributed by atoms with Crippen LogP contribution in [0.1, 0.15) is 30.0 Å². The predicted molar refractivity (Wildman–Crippen MR) is 97.0 cm³/mol. The summed E-state index contributed by atoms with van der Waals surface area (Å²) in [5.74, 6) is -0.359. The molecule has 0 aliphatic carbocycles. The normalized spacial score (nSPS) is 22.2. The quantitative estimate of drug-likeness (QED) is 0.803. The van der Waals surface area contributed by atoms with E-state index in [0.717, 1.165) is 11.1 Å². The van der Waals surface area contributed by atoms with Crippen molar-refractivity contribution in [3.63, 3.8) is 0 Å². The van der Waals surface area contributed by atoms with Gasteiger partial charge in [-0.15, -0.1) is 0 Å². The summed E-state index contributed by atoms with van der Waals surface area (Å²) >= 11 is 0. The topological polar surface area (TPSA) is 72.9 Å². The molecule has 0 radical (unpaired) electrons. The van der Waals surface area contributed by atoms with Crippen molar-refractivity contribution in [2.75, 3.05) is 34.2 Å². The van der Waals surface area contributed by atoms with E-state index in [1.165, 1.54) is 0 Å². The second kappa shape index (κ2) is 8.45. The molecule has 1 aliphatic rings. The fourth-order valence-electron chi connectivity index (χ4n) is 3.37. The molecule has 1 fully saturated rings. The van der Waals surface area contributed by atoms with E-state index in [9.17, 15) is 14.7 Å². The molecule has 0 spiro atoms. The van der Waals surface area contributed by atoms with E-state index in [1.807, 2.05) is 50.2 Å². The summed E-state index contributed by atoms with van der Waals surface area (Å²) in [7, 11) is 5.51. The smallest absolute Gasteiger partial charge is 0.225 e. The van der Waals surface area contributed by atoms with Crippen LogP contribution in [0.2, 0.25) is 0 Å². The molecule has 3 atom stereocenters. The van der Waals surface area contributed by atoms with Gasteiger partial charge in [-0.1, -0.05) is 29.8 Å². The molecule has 6 heteroatoms. The van der Waals surface area contributed by atoms with E-state index in [2.05, 4.69) is 5.32 Å². The average molecular weight is 347 g/mol. The van der Waals surface area contributed by atoms with Crippen LogP contribution in [0.5, 0.6) is 0 Å². The number of rotatable bonds is 6. The summed E-state index contributed by atoms with van der Waals surface area (Å²) in [5, 5.41) is 12.8. The number of aliphatic hydroxyl groups excluding tert-OH is 1. The molecule has 25 heavy (non-hydrogen) atoms. The minimum absolute atomic E-state index is 0.0577. The molecule has 1 saturated heterocycles. The van der Waals surface area contributed by atoms with Crippen LogP contribution in [0, 0.1) is 12.8 Å². The van der Waals surface area contributed by atoms with Crippen LogP contribution in [0.15, 0.2) is 24.3 Å². The molecule has 6 nitrogen and oxygen atoms in total. The van der Waals surface area contributed by atoms with Crippen LogP contribution in [0.25, 0.3) is 0 Å². The van der Waals surface area contributed by atoms with Crippen molar-refractivity contribution < 1.29 is 14.7 Å². The van der Waals surface area contributed by atoms with Crippen molar-refractivity contribution >= 4 is 11.8 Å². The van der Waals surface area contributed by atoms with Crippen LogP contribution >= 0.6 is 0 Å². The highest BCUT2D eigenvalue weighted by molar-refractivity contribution is 5.84. The SMILES string of the molecule is Cc1ccc(C2C(C(=O)NCC(O)CN(C)C)CCC(=O)N2C)cc1. The summed E-state index contributed by atoms with van der Waals surface area (Å²) in [6, 6.07) is 7.69. The van der Waals surface area contributed by atoms with Gasteiger partial charge in [0.15, 0.2) is 0 Å². The van der Waals surface area contributed by atoms with Crippen molar-refractivity contribution in [2.24, 2.45) is 5.92 Å². The van der Waals surface area contributed by atoms with Crippen molar-refractivity contribution in [1.82, 2.24) is 15.1 Å². The Kier molecular flexibility index (Phi) is 6.56. The van der Waals surface area contributed by atoms with Gasteiger partial charge in [-0.25, -0.2) is 0 Å². The standard InChI is InChI=1S/C19H29N3O3/c1-13-5-7-14(8-6-13)18-16(9-10-17(24)22(18)4)19(25)20-11-15(23)12-21(2)3/h5-8,15-16,18,23H,9-12H2,1-4H3,(H,20,25). The highest BCUT2D eigenvalue weighted by Crippen LogP contribution is 2.35. The average Bonchev–Trinajstić information content (AvgIpc) is 2.55. The highest BCUT2D eigenvalue weighted by Gasteiger charge is 2.38. The minimum Gasteiger partial charge on any atom is -0.390 e. The van der Waals surface area contributed by atoms with Crippen LogP contribution in [0.4, 0.5) is 0 Å². The molecule has 3 unspecified atom stereocenters. The molecule has 1 aliphatic heterocycles. The number of carbonyl (C=O) groups is 2. The Morgan fingerprint density at radius 2 is 2.00 bits per heavy atom. The maximum atomic E-state index is 12.7. The maximum Gasteiger partial charge on any atom is 0.225 e. The molecule has 1 heterocycles. The fraction of sp³-hybridized carbons (Fsp3) is 0.579. The summed E-state index contributed by atoms with van der Waals surface area (Å²) < 4.78 is 0. The summed E-state index contributed by atoms with van der Waals surface area (Å²) in [4.78, 5) is 28.4. The van der Waals surface area contributed by atoms with Crippen LogP contribution in [-0.4, -0.2) is 67.1 Å². The lowest BCUT2D eigenvalue weighted by atomic mass is 9.83. The van der Waals surface area contributed by atoms with Gasteiger partial charge >= 0.3 is 0 Å². The number of aliphatic hydroxyl groups is 1. The van der Waals surface area contributed by atoms with Crippen molar-refractivity contribution in [3.05, 3.63) is 35.4 Å². The maximum absolute atomic E-state index is 12.7. The molecule has 138 valence electrons. The molecular formula is C19H29N3O3. The van der Waals surface area contributed by atoms with Gasteiger partial charge < -0.3 is 20.2 Å². The number of hydrogen-bond acceptors (Lipinski definition) is 4. The van der Waals surface area contributed by atoms with Crippen molar-refractivity contribution in [1.29, 1.82) is 0 Å². The first-order valence-corrected chi connectivity index (χ1v) is 8.72. The minimum atomic E-state index is -0.611. The van der Waals surface area contributed by atoms with E-state index >= 15 is 0 Å². The predicted octanol–water partition coefficient (Wildman–Crippen LogP) is 0.943. The zero-order valence-corrected chi connectivity index (χ0v) is 15.5. The number of hydrogen-bond donors (Lipinski definition) is 2. The Labute approximate surface area is 149 Å². The first kappa shape index (κ1) is 19.4. The van der Waals surface area contributed by atoms with Gasteiger partial charge in [0.05, 0.1) is 18.1 Å². The number of carbonyl (C=O) groups excluding carboxylic acids is 2. The number of amides is 2. The van der Waals surface area contributed by atoms with Gasteiger partial charge in [-0.3, -0.25) is 9.59 Å². The third-order valence-electron chi connectivity index (χ3n) is 4.70. The number of aryl methyl sites for hydroxylation is 1. The number of nitrogens with zero attached hydrogens (tertiary/aromatic N) is 2. The lowest BCUT2D eigenvalue weighted by Crippen LogP contribution is -2.48. The Balaban J connectivity index is 2.11. The lowest BCUT2D eigenvalue weighted by Gasteiger charge is -2.38. The lowest BCUT2D eigenvalue weighted by molar-refractivity contribution is -0.141. The molecule has 1 aromatic carbocycles. The van der Waals surface area contributed by atoms with E-state index in [1.54, 1.807) is 11.9 Å². The van der Waals surface area contributed by atoms with Gasteiger partial charge in [0.2, 0.25) is 11.8 Å². The third kappa shape index (κ3) is 5.03. The number of piperidine rings is 1. The molecule has 2 N–H and O–H groups in total. The van der Waals surface area contributed by atoms with E-state index < -0.39 is 6.10 Å². The van der Waals surface area contributed by atoms with Crippen LogP contribution in [0.3, 0.4) is 0 Å². The van der Waals surface area contributed by atoms with Crippen LogP contribution < -0.4 is 5.32 Å². The molecular weight excluding hydrogens is 318 g/mol. The van der Waals surface area contributed by atoms with Gasteiger partial charge in [0.25, 0.3) is 0 Å². The van der Waals surface area contributed by atoms with E-state index in [0.29, 0.717) is 19.4 Å². The van der Waals surface area contributed by atoms with Crippen LogP contribution in [-0.2, 0) is 9.59 Å². The third-order valence-corrected chi connectivity index (χ3v) is 4.70. The number of likely N-dealkylation sites (N-methyl/N-ethyl adjacent to an activating group) is 1.